The number of carbonyl (C=O) groups is 2. The largest absolute Gasteiger partial charge is 0.477 e. The van der Waals surface area contributed by atoms with E-state index in [4.69, 9.17) is 5.11 Å². The van der Waals surface area contributed by atoms with Crippen molar-refractivity contribution in [1.82, 2.24) is 10.3 Å². The average molecular weight is 318 g/mol. The van der Waals surface area contributed by atoms with Crippen molar-refractivity contribution in [2.45, 2.75) is 32.7 Å². The van der Waals surface area contributed by atoms with Crippen LogP contribution in [0, 0.1) is 0 Å². The molecule has 22 heavy (non-hydrogen) atoms. The number of aryl methyl sites for hydroxylation is 1. The maximum absolute atomic E-state index is 11.9. The summed E-state index contributed by atoms with van der Waals surface area (Å²) in [5.41, 5.74) is 1.60. The molecule has 1 aromatic heterocycles. The van der Waals surface area contributed by atoms with Crippen LogP contribution in [-0.4, -0.2) is 22.0 Å². The zero-order valence-corrected chi connectivity index (χ0v) is 13.2. The Morgan fingerprint density at radius 2 is 2.00 bits per heavy atom. The van der Waals surface area contributed by atoms with E-state index < -0.39 is 5.97 Å². The highest BCUT2D eigenvalue weighted by molar-refractivity contribution is 7.13. The first-order chi connectivity index (χ1) is 10.6. The van der Waals surface area contributed by atoms with Crippen molar-refractivity contribution in [3.8, 4) is 0 Å². The van der Waals surface area contributed by atoms with Crippen LogP contribution in [0.4, 0.5) is 0 Å². The van der Waals surface area contributed by atoms with Crippen molar-refractivity contribution in [3.05, 3.63) is 51.5 Å². The van der Waals surface area contributed by atoms with E-state index in [9.17, 15) is 9.59 Å². The fourth-order valence-corrected chi connectivity index (χ4v) is 2.99. The number of hydrogen-bond donors (Lipinski definition) is 2. The molecule has 5 nitrogen and oxygen atoms in total. The van der Waals surface area contributed by atoms with Gasteiger partial charge in [0.15, 0.2) is 0 Å². The van der Waals surface area contributed by atoms with Gasteiger partial charge in [-0.3, -0.25) is 4.79 Å². The van der Waals surface area contributed by atoms with E-state index in [0.717, 1.165) is 23.3 Å². The standard InChI is InChI=1S/C16H18N2O3S/c1-2-6-12-15(16(20)21)22-14(18-12)9-13(19)17-10-11-7-4-3-5-8-11/h3-5,7-8H,2,6,9-10H2,1H3,(H,17,19)(H,20,21). The lowest BCUT2D eigenvalue weighted by atomic mass is 10.2. The molecule has 0 bridgehead atoms. The summed E-state index contributed by atoms with van der Waals surface area (Å²) >= 11 is 1.09. The third kappa shape index (κ3) is 4.39. The lowest BCUT2D eigenvalue weighted by Gasteiger charge is -2.03. The Labute approximate surface area is 133 Å². The van der Waals surface area contributed by atoms with E-state index in [1.165, 1.54) is 0 Å². The molecule has 1 aromatic carbocycles. The fourth-order valence-electron chi connectivity index (χ4n) is 2.05. The molecule has 0 aliphatic heterocycles. The number of rotatable bonds is 7. The molecule has 2 N–H and O–H groups in total. The molecule has 116 valence electrons. The molecule has 0 fully saturated rings. The quantitative estimate of drug-likeness (QED) is 0.822. The number of thiazole rings is 1. The Balaban J connectivity index is 1.96. The van der Waals surface area contributed by atoms with E-state index >= 15 is 0 Å². The molecular weight excluding hydrogens is 300 g/mol. The van der Waals surface area contributed by atoms with Gasteiger partial charge in [0.25, 0.3) is 0 Å². The highest BCUT2D eigenvalue weighted by Gasteiger charge is 2.18. The topological polar surface area (TPSA) is 79.3 Å². The molecule has 0 radical (unpaired) electrons. The molecule has 6 heteroatoms. The molecule has 0 atom stereocenters. The fraction of sp³-hybridized carbons (Fsp3) is 0.312. The molecule has 0 unspecified atom stereocenters. The number of carboxylic acid groups (broad SMARTS) is 1. The second kappa shape index (κ2) is 7.70. The summed E-state index contributed by atoms with van der Waals surface area (Å²) in [5, 5.41) is 12.5. The van der Waals surface area contributed by atoms with Gasteiger partial charge in [0.1, 0.15) is 9.88 Å². The number of aromatic nitrogens is 1. The van der Waals surface area contributed by atoms with Crippen LogP contribution in [0.1, 0.15) is 39.3 Å². The molecule has 1 amide bonds. The zero-order chi connectivity index (χ0) is 15.9. The lowest BCUT2D eigenvalue weighted by molar-refractivity contribution is -0.120. The summed E-state index contributed by atoms with van der Waals surface area (Å²) in [6.45, 7) is 2.43. The summed E-state index contributed by atoms with van der Waals surface area (Å²) in [6.07, 6.45) is 1.55. The SMILES string of the molecule is CCCc1nc(CC(=O)NCc2ccccc2)sc1C(=O)O. The Morgan fingerprint density at radius 3 is 2.64 bits per heavy atom. The molecule has 2 rings (SSSR count). The zero-order valence-electron chi connectivity index (χ0n) is 12.3. The number of carbonyl (C=O) groups excluding carboxylic acids is 1. The minimum atomic E-state index is -0.975. The number of benzene rings is 1. The van der Waals surface area contributed by atoms with Gasteiger partial charge in [-0.05, 0) is 12.0 Å². The highest BCUT2D eigenvalue weighted by Crippen LogP contribution is 2.20. The second-order valence-corrected chi connectivity index (χ2v) is 5.96. The van der Waals surface area contributed by atoms with Crippen LogP contribution in [0.2, 0.25) is 0 Å². The molecule has 0 saturated carbocycles. The number of nitrogens with one attached hydrogen (secondary N) is 1. The number of hydrogen-bond acceptors (Lipinski definition) is 4. The minimum Gasteiger partial charge on any atom is -0.477 e. The van der Waals surface area contributed by atoms with E-state index in [0.29, 0.717) is 23.7 Å². The third-order valence-corrected chi connectivity index (χ3v) is 4.15. The van der Waals surface area contributed by atoms with Gasteiger partial charge in [-0.2, -0.15) is 0 Å². The predicted molar refractivity (Wildman–Crippen MR) is 85.1 cm³/mol. The summed E-state index contributed by atoms with van der Waals surface area (Å²) in [6, 6.07) is 9.62. The Kier molecular flexibility index (Phi) is 5.66. The van der Waals surface area contributed by atoms with Crippen molar-refractivity contribution in [3.63, 3.8) is 0 Å². The molecule has 2 aromatic rings. The van der Waals surface area contributed by atoms with Crippen LogP contribution in [0.15, 0.2) is 30.3 Å². The predicted octanol–water partition coefficient (Wildman–Crippen LogP) is 2.65. The maximum Gasteiger partial charge on any atom is 0.347 e. The summed E-state index contributed by atoms with van der Waals surface area (Å²) in [4.78, 5) is 27.7. The maximum atomic E-state index is 11.9. The van der Waals surface area contributed by atoms with Crippen LogP contribution < -0.4 is 5.32 Å². The second-order valence-electron chi connectivity index (χ2n) is 4.88. The van der Waals surface area contributed by atoms with Crippen LogP contribution in [0.25, 0.3) is 0 Å². The number of carboxylic acids is 1. The Hall–Kier alpha value is -2.21. The van der Waals surface area contributed by atoms with Crippen molar-refractivity contribution in [2.75, 3.05) is 0 Å². The molecule has 1 heterocycles. The van der Waals surface area contributed by atoms with Gasteiger partial charge in [0, 0.05) is 6.54 Å². The molecule has 0 aliphatic rings. The van der Waals surface area contributed by atoms with Crippen LogP contribution in [0.5, 0.6) is 0 Å². The van der Waals surface area contributed by atoms with Gasteiger partial charge in [0.05, 0.1) is 12.1 Å². The average Bonchev–Trinajstić information content (AvgIpc) is 2.89. The van der Waals surface area contributed by atoms with E-state index in [-0.39, 0.29) is 17.2 Å². The smallest absolute Gasteiger partial charge is 0.347 e. The van der Waals surface area contributed by atoms with Gasteiger partial charge in [0.2, 0.25) is 5.91 Å². The minimum absolute atomic E-state index is 0.113. The first-order valence-electron chi connectivity index (χ1n) is 7.12. The first kappa shape index (κ1) is 16.2. The normalized spacial score (nSPS) is 10.4. The summed E-state index contributed by atoms with van der Waals surface area (Å²) in [7, 11) is 0. The molecule has 0 aliphatic carbocycles. The monoisotopic (exact) mass is 318 g/mol. The van der Waals surface area contributed by atoms with Crippen molar-refractivity contribution < 1.29 is 14.7 Å². The third-order valence-electron chi connectivity index (χ3n) is 3.07. The lowest BCUT2D eigenvalue weighted by Crippen LogP contribution is -2.24. The van der Waals surface area contributed by atoms with Gasteiger partial charge >= 0.3 is 5.97 Å². The van der Waals surface area contributed by atoms with Gasteiger partial charge in [-0.25, -0.2) is 9.78 Å². The van der Waals surface area contributed by atoms with Crippen molar-refractivity contribution in [1.29, 1.82) is 0 Å². The summed E-state index contributed by atoms with van der Waals surface area (Å²) < 4.78 is 0. The highest BCUT2D eigenvalue weighted by atomic mass is 32.1. The number of nitrogens with zero attached hydrogens (tertiary/aromatic N) is 1. The van der Waals surface area contributed by atoms with E-state index in [1.807, 2.05) is 37.3 Å². The van der Waals surface area contributed by atoms with Crippen LogP contribution in [-0.2, 0) is 24.2 Å². The summed E-state index contributed by atoms with van der Waals surface area (Å²) in [5.74, 6) is -1.13. The Morgan fingerprint density at radius 1 is 1.27 bits per heavy atom. The first-order valence-corrected chi connectivity index (χ1v) is 7.94. The van der Waals surface area contributed by atoms with Crippen molar-refractivity contribution in [2.24, 2.45) is 0 Å². The van der Waals surface area contributed by atoms with Gasteiger partial charge in [-0.1, -0.05) is 43.7 Å². The molecule has 0 saturated heterocycles. The Bertz CT molecular complexity index is 653. The number of aromatic carboxylic acids is 1. The molecular formula is C16H18N2O3S. The van der Waals surface area contributed by atoms with E-state index in [1.54, 1.807) is 0 Å². The number of amides is 1. The van der Waals surface area contributed by atoms with Crippen LogP contribution >= 0.6 is 11.3 Å². The van der Waals surface area contributed by atoms with Crippen LogP contribution in [0.3, 0.4) is 0 Å². The van der Waals surface area contributed by atoms with Crippen molar-refractivity contribution >= 4 is 23.2 Å². The molecule has 0 spiro atoms. The van der Waals surface area contributed by atoms with Gasteiger partial charge in [-0.15, -0.1) is 11.3 Å². The van der Waals surface area contributed by atoms with E-state index in [2.05, 4.69) is 10.3 Å². The van der Waals surface area contributed by atoms with Gasteiger partial charge < -0.3 is 10.4 Å².